The van der Waals surface area contributed by atoms with Crippen molar-refractivity contribution in [2.24, 2.45) is 0 Å². The maximum absolute atomic E-state index is 12.9. The fourth-order valence-corrected chi connectivity index (χ4v) is 4.85. The van der Waals surface area contributed by atoms with Gasteiger partial charge in [0.15, 0.2) is 0 Å². The van der Waals surface area contributed by atoms with Crippen molar-refractivity contribution in [3.8, 4) is 0 Å². The molecule has 1 N–H and O–H groups in total. The van der Waals surface area contributed by atoms with E-state index in [1.807, 2.05) is 67.8 Å². The molecule has 7 heteroatoms. The first-order valence-corrected chi connectivity index (χ1v) is 12.5. The molecule has 0 saturated carbocycles. The molecule has 3 rings (SSSR count). The second-order valence-electron chi connectivity index (χ2n) is 7.20. The SMILES string of the molecule is CSc1ccc(S(=O)(=O)N(C)CC(=O)N[C@@H](c2ccccc2)c2ccccc2C)cc1. The van der Waals surface area contributed by atoms with Crippen LogP contribution >= 0.6 is 11.8 Å². The Kier molecular flexibility index (Phi) is 7.54. The summed E-state index contributed by atoms with van der Waals surface area (Å²) in [7, 11) is -2.35. The van der Waals surface area contributed by atoms with Gasteiger partial charge in [-0.25, -0.2) is 8.42 Å². The molecule has 1 amide bonds. The Labute approximate surface area is 188 Å². The summed E-state index contributed by atoms with van der Waals surface area (Å²) in [5.41, 5.74) is 2.95. The summed E-state index contributed by atoms with van der Waals surface area (Å²) < 4.78 is 26.9. The largest absolute Gasteiger partial charge is 0.344 e. The summed E-state index contributed by atoms with van der Waals surface area (Å²) in [6.07, 6.45) is 1.93. The third-order valence-corrected chi connectivity index (χ3v) is 7.63. The monoisotopic (exact) mass is 454 g/mol. The molecule has 0 unspecified atom stereocenters. The predicted octanol–water partition coefficient (Wildman–Crippen LogP) is 4.24. The average Bonchev–Trinajstić information content (AvgIpc) is 2.78. The highest BCUT2D eigenvalue weighted by Gasteiger charge is 2.25. The first-order chi connectivity index (χ1) is 14.8. The minimum absolute atomic E-state index is 0.166. The van der Waals surface area contributed by atoms with E-state index >= 15 is 0 Å². The maximum Gasteiger partial charge on any atom is 0.243 e. The second kappa shape index (κ2) is 10.1. The van der Waals surface area contributed by atoms with E-state index in [-0.39, 0.29) is 23.4 Å². The van der Waals surface area contributed by atoms with E-state index in [1.165, 1.54) is 18.8 Å². The lowest BCUT2D eigenvalue weighted by Crippen LogP contribution is -2.40. The molecular weight excluding hydrogens is 428 g/mol. The number of nitrogens with one attached hydrogen (secondary N) is 1. The third kappa shape index (κ3) is 5.55. The van der Waals surface area contributed by atoms with Crippen LogP contribution in [-0.2, 0) is 14.8 Å². The number of likely N-dealkylation sites (N-methyl/N-ethyl adjacent to an activating group) is 1. The maximum atomic E-state index is 12.9. The van der Waals surface area contributed by atoms with Crippen LogP contribution in [0.1, 0.15) is 22.7 Å². The third-order valence-electron chi connectivity index (χ3n) is 5.07. The lowest BCUT2D eigenvalue weighted by molar-refractivity contribution is -0.121. The van der Waals surface area contributed by atoms with Gasteiger partial charge in [-0.3, -0.25) is 4.79 Å². The van der Waals surface area contributed by atoms with Crippen molar-refractivity contribution in [1.29, 1.82) is 0 Å². The van der Waals surface area contributed by atoms with E-state index in [1.54, 1.807) is 24.3 Å². The zero-order chi connectivity index (χ0) is 22.4. The number of hydrogen-bond acceptors (Lipinski definition) is 4. The average molecular weight is 455 g/mol. The van der Waals surface area contributed by atoms with Crippen molar-refractivity contribution in [1.82, 2.24) is 9.62 Å². The minimum atomic E-state index is -3.77. The lowest BCUT2D eigenvalue weighted by Gasteiger charge is -2.23. The first kappa shape index (κ1) is 23.1. The normalized spacial score (nSPS) is 12.5. The van der Waals surface area contributed by atoms with Crippen LogP contribution in [-0.4, -0.2) is 38.5 Å². The van der Waals surface area contributed by atoms with Gasteiger partial charge in [0.1, 0.15) is 0 Å². The molecule has 3 aromatic rings. The van der Waals surface area contributed by atoms with Gasteiger partial charge in [0.2, 0.25) is 15.9 Å². The topological polar surface area (TPSA) is 66.5 Å². The van der Waals surface area contributed by atoms with Crippen LogP contribution in [0, 0.1) is 6.92 Å². The molecule has 1 atom stereocenters. The molecule has 5 nitrogen and oxygen atoms in total. The predicted molar refractivity (Wildman–Crippen MR) is 126 cm³/mol. The summed E-state index contributed by atoms with van der Waals surface area (Å²) in [6.45, 7) is 1.72. The van der Waals surface area contributed by atoms with Crippen LogP contribution in [0.15, 0.2) is 88.7 Å². The quantitative estimate of drug-likeness (QED) is 0.517. The van der Waals surface area contributed by atoms with Crippen molar-refractivity contribution in [2.75, 3.05) is 19.8 Å². The Morgan fingerprint density at radius 1 is 0.968 bits per heavy atom. The van der Waals surface area contributed by atoms with Gasteiger partial charge in [0.05, 0.1) is 17.5 Å². The molecule has 3 aromatic carbocycles. The summed E-state index contributed by atoms with van der Waals surface area (Å²) in [5, 5.41) is 3.01. The van der Waals surface area contributed by atoms with Crippen LogP contribution in [0.4, 0.5) is 0 Å². The summed E-state index contributed by atoms with van der Waals surface area (Å²) in [4.78, 5) is 14.0. The van der Waals surface area contributed by atoms with Gasteiger partial charge in [-0.1, -0.05) is 54.6 Å². The van der Waals surface area contributed by atoms with Gasteiger partial charge < -0.3 is 5.32 Å². The lowest BCUT2D eigenvalue weighted by atomic mass is 9.95. The highest BCUT2D eigenvalue weighted by atomic mass is 32.2. The number of thioether (sulfide) groups is 1. The highest BCUT2D eigenvalue weighted by Crippen LogP contribution is 2.25. The van der Waals surface area contributed by atoms with Crippen LogP contribution in [0.25, 0.3) is 0 Å². The van der Waals surface area contributed by atoms with Crippen molar-refractivity contribution in [2.45, 2.75) is 22.8 Å². The fraction of sp³-hybridized carbons (Fsp3) is 0.208. The van der Waals surface area contributed by atoms with E-state index in [2.05, 4.69) is 5.32 Å². The molecule has 0 bridgehead atoms. The van der Waals surface area contributed by atoms with Gasteiger partial charge in [-0.05, 0) is 54.1 Å². The summed E-state index contributed by atoms with van der Waals surface area (Å²) in [5.74, 6) is -0.371. The van der Waals surface area contributed by atoms with Gasteiger partial charge in [-0.15, -0.1) is 11.8 Å². The van der Waals surface area contributed by atoms with Crippen LogP contribution in [0.3, 0.4) is 0 Å². The number of hydrogen-bond donors (Lipinski definition) is 1. The molecule has 0 saturated heterocycles. The van der Waals surface area contributed by atoms with Gasteiger partial charge >= 0.3 is 0 Å². The molecule has 0 heterocycles. The van der Waals surface area contributed by atoms with Gasteiger partial charge in [-0.2, -0.15) is 4.31 Å². The molecule has 0 spiro atoms. The molecule has 0 fully saturated rings. The zero-order valence-electron chi connectivity index (χ0n) is 17.8. The second-order valence-corrected chi connectivity index (χ2v) is 10.1. The van der Waals surface area contributed by atoms with Crippen molar-refractivity contribution in [3.63, 3.8) is 0 Å². The molecule has 0 aliphatic heterocycles. The van der Waals surface area contributed by atoms with Crippen LogP contribution in [0.2, 0.25) is 0 Å². The van der Waals surface area contributed by atoms with Crippen molar-refractivity contribution < 1.29 is 13.2 Å². The highest BCUT2D eigenvalue weighted by molar-refractivity contribution is 7.98. The minimum Gasteiger partial charge on any atom is -0.344 e. The number of benzene rings is 3. The van der Waals surface area contributed by atoms with E-state index in [0.717, 1.165) is 25.9 Å². The van der Waals surface area contributed by atoms with E-state index in [0.29, 0.717) is 0 Å². The van der Waals surface area contributed by atoms with E-state index < -0.39 is 10.0 Å². The van der Waals surface area contributed by atoms with Crippen LogP contribution < -0.4 is 5.32 Å². The number of aryl methyl sites for hydroxylation is 1. The first-order valence-electron chi connectivity index (χ1n) is 9.83. The molecule has 0 aliphatic rings. The smallest absolute Gasteiger partial charge is 0.243 e. The number of rotatable bonds is 8. The van der Waals surface area contributed by atoms with E-state index in [9.17, 15) is 13.2 Å². The Balaban J connectivity index is 1.79. The fourth-order valence-electron chi connectivity index (χ4n) is 3.32. The number of carbonyl (C=O) groups is 1. The molecule has 0 aromatic heterocycles. The number of carbonyl (C=O) groups excluding carboxylic acids is 1. The number of amides is 1. The number of sulfonamides is 1. The zero-order valence-corrected chi connectivity index (χ0v) is 19.4. The molecule has 0 aliphatic carbocycles. The Hall–Kier alpha value is -2.61. The summed E-state index contributed by atoms with van der Waals surface area (Å²) >= 11 is 1.54. The summed E-state index contributed by atoms with van der Waals surface area (Å²) in [6, 6.07) is 23.8. The van der Waals surface area contributed by atoms with Crippen molar-refractivity contribution in [3.05, 3.63) is 95.6 Å². The standard InChI is InChI=1S/C24H26N2O3S2/c1-18-9-7-8-12-22(18)24(19-10-5-4-6-11-19)25-23(27)17-26(2)31(28,29)21-15-13-20(30-3)14-16-21/h4-16,24H,17H2,1-3H3,(H,25,27)/t24-/m0/s1. The Bertz CT molecular complexity index is 1130. The number of nitrogens with zero attached hydrogens (tertiary/aromatic N) is 1. The van der Waals surface area contributed by atoms with E-state index in [4.69, 9.17) is 0 Å². The molecule has 0 radical (unpaired) electrons. The molecular formula is C24H26N2O3S2. The van der Waals surface area contributed by atoms with Gasteiger partial charge in [0.25, 0.3) is 0 Å². The molecule has 162 valence electrons. The molecule has 31 heavy (non-hydrogen) atoms. The Morgan fingerprint density at radius 3 is 2.19 bits per heavy atom. The van der Waals surface area contributed by atoms with Crippen molar-refractivity contribution >= 4 is 27.7 Å². The Morgan fingerprint density at radius 2 is 1.58 bits per heavy atom. The van der Waals surface area contributed by atoms with Crippen LogP contribution in [0.5, 0.6) is 0 Å². The van der Waals surface area contributed by atoms with Gasteiger partial charge in [0, 0.05) is 11.9 Å².